The number of aliphatic carboxylic acids is 2. The second-order valence-corrected chi connectivity index (χ2v) is 5.97. The van der Waals surface area contributed by atoms with Crippen LogP contribution in [0.15, 0.2) is 0 Å². The quantitative estimate of drug-likeness (QED) is 0.306. The molecule has 0 saturated carbocycles. The molecule has 0 amide bonds. The third-order valence-corrected chi connectivity index (χ3v) is 4.34. The molecule has 16 heavy (non-hydrogen) atoms. The fourth-order valence-electron chi connectivity index (χ4n) is 0.740. The Morgan fingerprint density at radius 1 is 1.12 bits per heavy atom. The first-order valence-electron chi connectivity index (χ1n) is 4.79. The van der Waals surface area contributed by atoms with Gasteiger partial charge in [0.25, 0.3) is 0 Å². The fraction of sp³-hybridized carbons (Fsp3) is 0.750. The van der Waals surface area contributed by atoms with Gasteiger partial charge >= 0.3 is 5.97 Å². The van der Waals surface area contributed by atoms with E-state index in [0.29, 0.717) is 24.3 Å². The van der Waals surface area contributed by atoms with Crippen LogP contribution >= 0.6 is 21.6 Å². The molecule has 94 valence electrons. The van der Waals surface area contributed by atoms with Crippen LogP contribution in [0.2, 0.25) is 0 Å². The van der Waals surface area contributed by atoms with Gasteiger partial charge in [-0.3, -0.25) is 0 Å². The van der Waals surface area contributed by atoms with E-state index in [1.807, 2.05) is 0 Å². The van der Waals surface area contributed by atoms with Gasteiger partial charge in [0.2, 0.25) is 0 Å². The van der Waals surface area contributed by atoms with Crippen molar-refractivity contribution in [1.29, 1.82) is 0 Å². The fourth-order valence-corrected chi connectivity index (χ4v) is 3.02. The van der Waals surface area contributed by atoms with Gasteiger partial charge in [-0.05, 0) is 0 Å². The van der Waals surface area contributed by atoms with E-state index >= 15 is 0 Å². The minimum Gasteiger partial charge on any atom is -0.544 e. The molecule has 0 aromatic carbocycles. The summed E-state index contributed by atoms with van der Waals surface area (Å²) in [4.78, 5) is 20.7. The van der Waals surface area contributed by atoms with Gasteiger partial charge in [-0.25, -0.2) is 4.79 Å². The molecule has 7 N–H and O–H groups in total. The number of carboxylic acids is 2. The molecule has 0 aliphatic carbocycles. The molecular weight excluding hydrogens is 252 g/mol. The molecule has 2 atom stereocenters. The van der Waals surface area contributed by atoms with Gasteiger partial charge in [0.1, 0.15) is 6.04 Å². The third kappa shape index (κ3) is 7.80. The van der Waals surface area contributed by atoms with Crippen LogP contribution in [0.5, 0.6) is 0 Å². The zero-order valence-electron chi connectivity index (χ0n) is 8.89. The van der Waals surface area contributed by atoms with Crippen molar-refractivity contribution < 1.29 is 31.3 Å². The van der Waals surface area contributed by atoms with E-state index in [0.717, 1.165) is 0 Å². The number of quaternary nitrogens is 2. The Balaban J connectivity index is 3.34. The molecule has 0 aliphatic heterocycles. The van der Waals surface area contributed by atoms with E-state index < -0.39 is 24.0 Å². The van der Waals surface area contributed by atoms with Crippen LogP contribution in [0, 0.1) is 0 Å². The van der Waals surface area contributed by atoms with Crippen LogP contribution in [0.1, 0.15) is 12.8 Å². The first kappa shape index (κ1) is 15.6. The van der Waals surface area contributed by atoms with Crippen LogP contribution in [0.4, 0.5) is 0 Å². The topological polar surface area (TPSA) is 133 Å². The Bertz CT molecular complexity index is 216. The van der Waals surface area contributed by atoms with Crippen molar-refractivity contribution in [3.05, 3.63) is 0 Å². The van der Waals surface area contributed by atoms with Crippen LogP contribution in [0.25, 0.3) is 0 Å². The lowest BCUT2D eigenvalue weighted by molar-refractivity contribution is -0.437. The van der Waals surface area contributed by atoms with Gasteiger partial charge in [0.15, 0.2) is 6.04 Å². The summed E-state index contributed by atoms with van der Waals surface area (Å²) < 4.78 is 0. The van der Waals surface area contributed by atoms with Crippen LogP contribution in [-0.4, -0.2) is 40.6 Å². The molecule has 0 heterocycles. The lowest BCUT2D eigenvalue weighted by Gasteiger charge is -2.08. The SMILES string of the molecule is [NH3+]C(CCSSCCC([NH3+])C(=O)O)C(=O)[O-]. The molecule has 0 saturated heterocycles. The Morgan fingerprint density at radius 2 is 1.56 bits per heavy atom. The molecule has 0 aromatic rings. The summed E-state index contributed by atoms with van der Waals surface area (Å²) in [6, 6.07) is -1.25. The summed E-state index contributed by atoms with van der Waals surface area (Å²) in [5.74, 6) is -0.658. The Kier molecular flexibility index (Phi) is 8.44. The smallest absolute Gasteiger partial charge is 0.362 e. The molecule has 0 bridgehead atoms. The molecule has 0 fully saturated rings. The standard InChI is InChI=1S/C8H16N2O4S2/c9-5(7(11)12)1-3-15-16-4-2-6(10)8(13)14/h5-6H,1-4,9-10H2,(H,11,12)(H,13,14)/p+1. The lowest BCUT2D eigenvalue weighted by Crippen LogP contribution is -2.68. The van der Waals surface area contributed by atoms with Crippen LogP contribution < -0.4 is 16.6 Å². The summed E-state index contributed by atoms with van der Waals surface area (Å²) in [5, 5.41) is 18.9. The molecule has 0 aromatic heterocycles. The van der Waals surface area contributed by atoms with Gasteiger partial charge in [-0.15, -0.1) is 0 Å². The van der Waals surface area contributed by atoms with Crippen molar-refractivity contribution in [2.24, 2.45) is 0 Å². The summed E-state index contributed by atoms with van der Waals surface area (Å²) in [7, 11) is 3.04. The van der Waals surface area contributed by atoms with Crippen molar-refractivity contribution >= 4 is 33.5 Å². The van der Waals surface area contributed by atoms with Crippen molar-refractivity contribution in [3.63, 3.8) is 0 Å². The molecule has 0 spiro atoms. The Hall–Kier alpha value is -0.440. The van der Waals surface area contributed by atoms with E-state index in [4.69, 9.17) is 5.11 Å². The first-order chi connectivity index (χ1) is 7.45. The number of hydrogen-bond acceptors (Lipinski definition) is 5. The number of hydrogen-bond donors (Lipinski definition) is 3. The maximum Gasteiger partial charge on any atom is 0.362 e. The van der Waals surface area contributed by atoms with E-state index in [1.54, 1.807) is 0 Å². The van der Waals surface area contributed by atoms with Gasteiger partial charge in [-0.2, -0.15) is 0 Å². The minimum atomic E-state index is -1.13. The molecule has 0 aliphatic rings. The van der Waals surface area contributed by atoms with Crippen LogP contribution in [0.3, 0.4) is 0 Å². The van der Waals surface area contributed by atoms with Crippen molar-refractivity contribution in [2.75, 3.05) is 11.5 Å². The predicted octanol–water partition coefficient (Wildman–Crippen LogP) is -2.80. The van der Waals surface area contributed by atoms with Crippen molar-refractivity contribution in [1.82, 2.24) is 0 Å². The van der Waals surface area contributed by atoms with Gasteiger partial charge < -0.3 is 26.5 Å². The average molecular weight is 269 g/mol. The highest BCUT2D eigenvalue weighted by Gasteiger charge is 2.14. The molecule has 6 nitrogen and oxygen atoms in total. The van der Waals surface area contributed by atoms with Crippen molar-refractivity contribution in [2.45, 2.75) is 24.9 Å². The summed E-state index contributed by atoms with van der Waals surface area (Å²) in [5.41, 5.74) is 6.92. The van der Waals surface area contributed by atoms with Crippen molar-refractivity contribution in [3.8, 4) is 0 Å². The van der Waals surface area contributed by atoms with E-state index in [9.17, 15) is 14.7 Å². The third-order valence-electron chi connectivity index (χ3n) is 1.87. The lowest BCUT2D eigenvalue weighted by atomic mass is 10.2. The molecule has 8 heteroatoms. The second-order valence-electron chi connectivity index (χ2n) is 3.27. The highest BCUT2D eigenvalue weighted by atomic mass is 33.1. The monoisotopic (exact) mass is 269 g/mol. The summed E-state index contributed by atoms with van der Waals surface area (Å²) in [6.45, 7) is 0. The van der Waals surface area contributed by atoms with E-state index in [1.165, 1.54) is 21.6 Å². The van der Waals surface area contributed by atoms with E-state index in [-0.39, 0.29) is 0 Å². The average Bonchev–Trinajstić information content (AvgIpc) is 2.21. The Morgan fingerprint density at radius 3 is 1.94 bits per heavy atom. The molecule has 2 unspecified atom stereocenters. The number of carboxylic acid groups (broad SMARTS) is 2. The zero-order chi connectivity index (χ0) is 12.6. The van der Waals surface area contributed by atoms with Crippen LogP contribution in [-0.2, 0) is 9.59 Å². The van der Waals surface area contributed by atoms with E-state index in [2.05, 4.69) is 11.5 Å². The maximum atomic E-state index is 10.4. The first-order valence-corrected chi connectivity index (χ1v) is 7.28. The van der Waals surface area contributed by atoms with Gasteiger partial charge in [0.05, 0.1) is 5.97 Å². The number of carbonyl (C=O) groups excluding carboxylic acids is 1. The molecule has 0 radical (unpaired) electrons. The normalized spacial score (nSPS) is 14.4. The number of carbonyl (C=O) groups is 2. The minimum absolute atomic E-state index is 0.465. The zero-order valence-corrected chi connectivity index (χ0v) is 10.5. The highest BCUT2D eigenvalue weighted by Crippen LogP contribution is 2.23. The van der Waals surface area contributed by atoms with Gasteiger partial charge in [0, 0.05) is 24.3 Å². The molecule has 0 rings (SSSR count). The van der Waals surface area contributed by atoms with Gasteiger partial charge in [-0.1, -0.05) is 21.6 Å². The number of rotatable bonds is 9. The highest BCUT2D eigenvalue weighted by molar-refractivity contribution is 8.76. The predicted molar refractivity (Wildman–Crippen MR) is 60.1 cm³/mol. The largest absolute Gasteiger partial charge is 0.544 e. The Labute approximate surface area is 102 Å². The maximum absolute atomic E-state index is 10.4. The summed E-state index contributed by atoms with van der Waals surface area (Å²) >= 11 is 0. The second kappa shape index (κ2) is 8.68. The molecular formula is C8H17N2O4S2+. The summed E-state index contributed by atoms with van der Waals surface area (Å²) in [6.07, 6.45) is 0.980.